The summed E-state index contributed by atoms with van der Waals surface area (Å²) in [5, 5.41) is 1.89. The van der Waals surface area contributed by atoms with Crippen LogP contribution in [0.25, 0.3) is 0 Å². The molecule has 4 heteroatoms. The molecule has 1 amide bonds. The minimum absolute atomic E-state index is 0.108. The predicted molar refractivity (Wildman–Crippen MR) is 85.9 cm³/mol. The first-order valence-corrected chi connectivity index (χ1v) is 8.10. The Balaban J connectivity index is 2.77. The molecular formula is C16H24N2OS. The van der Waals surface area contributed by atoms with Gasteiger partial charge in [-0.15, -0.1) is 11.3 Å². The standard InChI is InChI=1S/C16H24N2OS/c1-4-13(5-2)11-18(6-3)16(19)14-10-15(20-12-14)8-7-9-17/h10,12-13H,4-6,9,11,17H2,1-3H3. The van der Waals surface area contributed by atoms with Crippen molar-refractivity contribution in [1.29, 1.82) is 0 Å². The second-order valence-electron chi connectivity index (χ2n) is 4.73. The highest BCUT2D eigenvalue weighted by atomic mass is 32.1. The lowest BCUT2D eigenvalue weighted by Gasteiger charge is -2.25. The normalized spacial score (nSPS) is 10.2. The average molecular weight is 292 g/mol. The van der Waals surface area contributed by atoms with E-state index in [0.717, 1.165) is 36.4 Å². The fourth-order valence-electron chi connectivity index (χ4n) is 2.05. The summed E-state index contributed by atoms with van der Waals surface area (Å²) in [6.07, 6.45) is 2.22. The van der Waals surface area contributed by atoms with Crippen molar-refractivity contribution in [3.8, 4) is 11.8 Å². The van der Waals surface area contributed by atoms with E-state index in [4.69, 9.17) is 5.73 Å². The maximum Gasteiger partial charge on any atom is 0.254 e. The summed E-state index contributed by atoms with van der Waals surface area (Å²) in [6, 6.07) is 1.87. The summed E-state index contributed by atoms with van der Waals surface area (Å²) < 4.78 is 0. The Hall–Kier alpha value is -1.31. The minimum Gasteiger partial charge on any atom is -0.339 e. The van der Waals surface area contributed by atoms with Gasteiger partial charge in [0, 0.05) is 18.5 Å². The first kappa shape index (κ1) is 16.7. The first-order chi connectivity index (χ1) is 9.65. The quantitative estimate of drug-likeness (QED) is 0.819. The topological polar surface area (TPSA) is 46.3 Å². The SMILES string of the molecule is CCC(CC)CN(CC)C(=O)c1csc(C#CCN)c1. The molecular weight excluding hydrogens is 268 g/mol. The molecule has 0 bridgehead atoms. The van der Waals surface area contributed by atoms with Crippen molar-refractivity contribution in [2.45, 2.75) is 33.6 Å². The van der Waals surface area contributed by atoms with Gasteiger partial charge in [-0.3, -0.25) is 4.79 Å². The van der Waals surface area contributed by atoms with E-state index in [9.17, 15) is 4.79 Å². The Labute approximate surface area is 126 Å². The van der Waals surface area contributed by atoms with Crippen LogP contribution in [0, 0.1) is 17.8 Å². The smallest absolute Gasteiger partial charge is 0.254 e. The number of amides is 1. The Morgan fingerprint density at radius 1 is 1.40 bits per heavy atom. The van der Waals surface area contributed by atoms with Gasteiger partial charge in [-0.2, -0.15) is 0 Å². The van der Waals surface area contributed by atoms with Gasteiger partial charge in [0.05, 0.1) is 17.0 Å². The number of rotatable bonds is 6. The van der Waals surface area contributed by atoms with E-state index in [2.05, 4.69) is 25.7 Å². The third-order valence-corrected chi connectivity index (χ3v) is 4.31. The zero-order chi connectivity index (χ0) is 15.0. The lowest BCUT2D eigenvalue weighted by atomic mass is 10.0. The molecule has 0 saturated heterocycles. The molecule has 0 radical (unpaired) electrons. The molecule has 0 atom stereocenters. The second-order valence-corrected chi connectivity index (χ2v) is 5.64. The van der Waals surface area contributed by atoms with E-state index in [1.165, 1.54) is 11.3 Å². The van der Waals surface area contributed by atoms with Gasteiger partial charge in [-0.1, -0.05) is 38.5 Å². The molecule has 1 aromatic rings. The van der Waals surface area contributed by atoms with Crippen molar-refractivity contribution in [3.05, 3.63) is 21.9 Å². The number of carbonyl (C=O) groups excluding carboxylic acids is 1. The van der Waals surface area contributed by atoms with Crippen molar-refractivity contribution in [1.82, 2.24) is 4.90 Å². The third kappa shape index (κ3) is 4.66. The van der Waals surface area contributed by atoms with Crippen LogP contribution in [0.4, 0.5) is 0 Å². The molecule has 0 saturated carbocycles. The highest BCUT2D eigenvalue weighted by molar-refractivity contribution is 7.10. The molecule has 0 fully saturated rings. The van der Waals surface area contributed by atoms with Crippen LogP contribution in [0.5, 0.6) is 0 Å². The first-order valence-electron chi connectivity index (χ1n) is 7.22. The van der Waals surface area contributed by atoms with E-state index in [0.29, 0.717) is 12.5 Å². The van der Waals surface area contributed by atoms with Crippen molar-refractivity contribution < 1.29 is 4.79 Å². The van der Waals surface area contributed by atoms with E-state index in [-0.39, 0.29) is 5.91 Å². The molecule has 1 heterocycles. The van der Waals surface area contributed by atoms with Crippen molar-refractivity contribution >= 4 is 17.2 Å². The number of nitrogens with zero attached hydrogens (tertiary/aromatic N) is 1. The maximum atomic E-state index is 12.5. The molecule has 0 unspecified atom stereocenters. The Morgan fingerprint density at radius 2 is 2.10 bits per heavy atom. The minimum atomic E-state index is 0.108. The number of thiophene rings is 1. The summed E-state index contributed by atoms with van der Waals surface area (Å²) in [5.74, 6) is 6.47. The van der Waals surface area contributed by atoms with E-state index in [1.54, 1.807) is 0 Å². The van der Waals surface area contributed by atoms with Gasteiger partial charge in [0.1, 0.15) is 0 Å². The number of nitrogens with two attached hydrogens (primary N) is 1. The van der Waals surface area contributed by atoms with Crippen LogP contribution >= 0.6 is 11.3 Å². The number of carbonyl (C=O) groups is 1. The molecule has 0 aliphatic heterocycles. The van der Waals surface area contributed by atoms with Crippen LogP contribution in [0.2, 0.25) is 0 Å². The third-order valence-electron chi connectivity index (χ3n) is 3.46. The largest absolute Gasteiger partial charge is 0.339 e. The summed E-state index contributed by atoms with van der Waals surface area (Å²) in [4.78, 5) is 15.3. The summed E-state index contributed by atoms with van der Waals surface area (Å²) >= 11 is 1.50. The summed E-state index contributed by atoms with van der Waals surface area (Å²) in [6.45, 7) is 8.31. The van der Waals surface area contributed by atoms with Crippen LogP contribution in [0.3, 0.4) is 0 Å². The molecule has 1 aromatic heterocycles. The van der Waals surface area contributed by atoms with E-state index < -0.39 is 0 Å². The Kier molecular flexibility index (Phi) is 7.35. The maximum absolute atomic E-state index is 12.5. The molecule has 0 aliphatic rings. The van der Waals surface area contributed by atoms with Crippen LogP contribution < -0.4 is 5.73 Å². The van der Waals surface area contributed by atoms with E-state index in [1.807, 2.05) is 23.3 Å². The lowest BCUT2D eigenvalue weighted by molar-refractivity contribution is 0.0735. The fraction of sp³-hybridized carbons (Fsp3) is 0.562. The molecule has 2 N–H and O–H groups in total. The zero-order valence-electron chi connectivity index (χ0n) is 12.6. The molecule has 1 rings (SSSR count). The van der Waals surface area contributed by atoms with Gasteiger partial charge in [-0.05, 0) is 18.9 Å². The number of hydrogen-bond donors (Lipinski definition) is 1. The molecule has 0 spiro atoms. The highest BCUT2D eigenvalue weighted by Crippen LogP contribution is 2.17. The van der Waals surface area contributed by atoms with Gasteiger partial charge in [-0.25, -0.2) is 0 Å². The van der Waals surface area contributed by atoms with Gasteiger partial charge >= 0.3 is 0 Å². The molecule has 0 aliphatic carbocycles. The molecule has 0 aromatic carbocycles. The van der Waals surface area contributed by atoms with E-state index >= 15 is 0 Å². The van der Waals surface area contributed by atoms with Gasteiger partial charge < -0.3 is 10.6 Å². The average Bonchev–Trinajstić information content (AvgIpc) is 2.94. The molecule has 110 valence electrons. The molecule has 3 nitrogen and oxygen atoms in total. The summed E-state index contributed by atoms with van der Waals surface area (Å²) in [7, 11) is 0. The van der Waals surface area contributed by atoms with Crippen molar-refractivity contribution in [2.75, 3.05) is 19.6 Å². The number of hydrogen-bond acceptors (Lipinski definition) is 3. The zero-order valence-corrected chi connectivity index (χ0v) is 13.4. The van der Waals surface area contributed by atoms with Crippen LogP contribution in [-0.2, 0) is 0 Å². The molecule has 20 heavy (non-hydrogen) atoms. The highest BCUT2D eigenvalue weighted by Gasteiger charge is 2.18. The summed E-state index contributed by atoms with van der Waals surface area (Å²) in [5.41, 5.74) is 6.09. The monoisotopic (exact) mass is 292 g/mol. The van der Waals surface area contributed by atoms with Gasteiger partial charge in [0.2, 0.25) is 0 Å². The second kappa shape index (κ2) is 8.78. The van der Waals surface area contributed by atoms with Crippen LogP contribution in [-0.4, -0.2) is 30.4 Å². The van der Waals surface area contributed by atoms with Gasteiger partial charge in [0.15, 0.2) is 0 Å². The fourth-order valence-corrected chi connectivity index (χ4v) is 2.80. The van der Waals surface area contributed by atoms with Crippen molar-refractivity contribution in [2.24, 2.45) is 11.7 Å². The van der Waals surface area contributed by atoms with Crippen molar-refractivity contribution in [3.63, 3.8) is 0 Å². The lowest BCUT2D eigenvalue weighted by Crippen LogP contribution is -2.34. The predicted octanol–water partition coefficient (Wildman–Crippen LogP) is 2.96. The Morgan fingerprint density at radius 3 is 2.65 bits per heavy atom. The Bertz CT molecular complexity index is 480. The van der Waals surface area contributed by atoms with Gasteiger partial charge in [0.25, 0.3) is 5.91 Å². The van der Waals surface area contributed by atoms with Crippen LogP contribution in [0.15, 0.2) is 11.4 Å². The van der Waals surface area contributed by atoms with Crippen LogP contribution in [0.1, 0.15) is 48.8 Å².